The first-order chi connectivity index (χ1) is 14.0. The molecule has 5 nitrogen and oxygen atoms in total. The number of amides is 1. The maximum Gasteiger partial charge on any atom is 0.295 e. The van der Waals surface area contributed by atoms with Crippen LogP contribution in [0.3, 0.4) is 0 Å². The fraction of sp³-hybridized carbons (Fsp3) is 0.0455. The largest absolute Gasteiger partial charge is 0.319 e. The topological polar surface area (TPSA) is 59.8 Å². The number of carbonyl (C=O) groups is 1. The molecule has 0 bridgehead atoms. The lowest BCUT2D eigenvalue weighted by molar-refractivity contribution is 0.101. The third-order valence-corrected chi connectivity index (χ3v) is 4.51. The van der Waals surface area contributed by atoms with E-state index >= 15 is 0 Å². The predicted octanol–water partition coefficient (Wildman–Crippen LogP) is 5.29. The Labute approximate surface area is 171 Å². The van der Waals surface area contributed by atoms with Crippen LogP contribution >= 0.6 is 11.6 Å². The molecule has 0 spiro atoms. The highest BCUT2D eigenvalue weighted by Crippen LogP contribution is 2.23. The standard InChI is InChI=1S/C22H16ClFN4O/c1-14-3-2-4-18(13-14)25-22(29)20-26-21(15-5-7-16(23)8-6-15)28(27-20)19-11-9-17(24)10-12-19/h2-13H,1H3,(H,25,29). The molecule has 0 aliphatic carbocycles. The summed E-state index contributed by atoms with van der Waals surface area (Å²) in [7, 11) is 0. The minimum atomic E-state index is -0.438. The molecule has 29 heavy (non-hydrogen) atoms. The van der Waals surface area contributed by atoms with Crippen molar-refractivity contribution in [3.63, 3.8) is 0 Å². The van der Waals surface area contributed by atoms with Crippen molar-refractivity contribution in [1.29, 1.82) is 0 Å². The van der Waals surface area contributed by atoms with Crippen LogP contribution in [0, 0.1) is 12.7 Å². The number of benzene rings is 3. The Hall–Kier alpha value is -3.51. The van der Waals surface area contributed by atoms with Crippen LogP contribution < -0.4 is 5.32 Å². The van der Waals surface area contributed by atoms with Gasteiger partial charge >= 0.3 is 0 Å². The lowest BCUT2D eigenvalue weighted by atomic mass is 10.2. The third kappa shape index (κ3) is 4.17. The molecule has 0 aliphatic rings. The molecular formula is C22H16ClFN4O. The van der Waals surface area contributed by atoms with E-state index in [4.69, 9.17) is 11.6 Å². The Balaban J connectivity index is 1.75. The summed E-state index contributed by atoms with van der Waals surface area (Å²) in [5.41, 5.74) is 2.98. The number of nitrogens with one attached hydrogen (secondary N) is 1. The Morgan fingerprint density at radius 2 is 1.76 bits per heavy atom. The summed E-state index contributed by atoms with van der Waals surface area (Å²) in [5.74, 6) is -0.352. The highest BCUT2D eigenvalue weighted by atomic mass is 35.5. The molecular weight excluding hydrogens is 391 g/mol. The molecule has 0 saturated carbocycles. The Bertz CT molecular complexity index is 1110. The van der Waals surface area contributed by atoms with Crippen LogP contribution in [0.5, 0.6) is 0 Å². The first-order valence-electron chi connectivity index (χ1n) is 8.86. The van der Waals surface area contributed by atoms with Crippen LogP contribution in [0.15, 0.2) is 72.8 Å². The van der Waals surface area contributed by atoms with Crippen LogP contribution in [0.2, 0.25) is 5.02 Å². The number of nitrogens with zero attached hydrogens (tertiary/aromatic N) is 3. The first-order valence-corrected chi connectivity index (χ1v) is 9.24. The van der Waals surface area contributed by atoms with Gasteiger partial charge in [-0.05, 0) is 73.2 Å². The summed E-state index contributed by atoms with van der Waals surface area (Å²) < 4.78 is 14.9. The zero-order valence-electron chi connectivity index (χ0n) is 15.4. The van der Waals surface area contributed by atoms with Gasteiger partial charge in [-0.3, -0.25) is 4.79 Å². The third-order valence-electron chi connectivity index (χ3n) is 4.26. The maximum atomic E-state index is 13.4. The van der Waals surface area contributed by atoms with Crippen molar-refractivity contribution < 1.29 is 9.18 Å². The average Bonchev–Trinajstić information content (AvgIpc) is 3.15. The van der Waals surface area contributed by atoms with Gasteiger partial charge in [0.25, 0.3) is 5.91 Å². The smallest absolute Gasteiger partial charge is 0.295 e. The van der Waals surface area contributed by atoms with Gasteiger partial charge in [-0.2, -0.15) is 0 Å². The van der Waals surface area contributed by atoms with Gasteiger partial charge in [0.2, 0.25) is 5.82 Å². The number of halogens is 2. The molecule has 0 fully saturated rings. The van der Waals surface area contributed by atoms with Crippen molar-refractivity contribution in [3.05, 3.63) is 95.0 Å². The molecule has 0 saturated heterocycles. The Morgan fingerprint density at radius 1 is 1.03 bits per heavy atom. The van der Waals surface area contributed by atoms with Gasteiger partial charge in [-0.1, -0.05) is 23.7 Å². The van der Waals surface area contributed by atoms with Gasteiger partial charge in [0.05, 0.1) is 5.69 Å². The second-order valence-corrected chi connectivity index (χ2v) is 6.91. The van der Waals surface area contributed by atoms with Crippen LogP contribution in [-0.2, 0) is 0 Å². The van der Waals surface area contributed by atoms with Crippen molar-refractivity contribution >= 4 is 23.2 Å². The highest BCUT2D eigenvalue weighted by Gasteiger charge is 2.19. The number of anilines is 1. The molecule has 0 unspecified atom stereocenters. The summed E-state index contributed by atoms with van der Waals surface area (Å²) in [4.78, 5) is 17.2. The summed E-state index contributed by atoms with van der Waals surface area (Å²) in [6.07, 6.45) is 0. The highest BCUT2D eigenvalue weighted by molar-refractivity contribution is 6.30. The van der Waals surface area contributed by atoms with Gasteiger partial charge in [0.1, 0.15) is 5.82 Å². The van der Waals surface area contributed by atoms with Crippen molar-refractivity contribution in [2.75, 3.05) is 5.32 Å². The molecule has 1 heterocycles. The zero-order valence-corrected chi connectivity index (χ0v) is 16.2. The van der Waals surface area contributed by atoms with Gasteiger partial charge < -0.3 is 5.32 Å². The van der Waals surface area contributed by atoms with E-state index in [-0.39, 0.29) is 11.6 Å². The fourth-order valence-corrected chi connectivity index (χ4v) is 2.99. The van der Waals surface area contributed by atoms with E-state index in [1.807, 2.05) is 25.1 Å². The SMILES string of the molecule is Cc1cccc(NC(=O)c2nc(-c3ccc(Cl)cc3)n(-c3ccc(F)cc3)n2)c1. The van der Waals surface area contributed by atoms with Crippen molar-refractivity contribution in [1.82, 2.24) is 14.8 Å². The molecule has 1 amide bonds. The van der Waals surface area contributed by atoms with Gasteiger partial charge in [0, 0.05) is 16.3 Å². The Morgan fingerprint density at radius 3 is 2.45 bits per heavy atom. The van der Waals surface area contributed by atoms with E-state index in [0.717, 1.165) is 11.1 Å². The molecule has 3 aromatic carbocycles. The van der Waals surface area contributed by atoms with Crippen molar-refractivity contribution in [3.8, 4) is 17.1 Å². The minimum absolute atomic E-state index is 0.000723. The number of rotatable bonds is 4. The van der Waals surface area contributed by atoms with E-state index in [0.29, 0.717) is 22.2 Å². The van der Waals surface area contributed by atoms with Crippen molar-refractivity contribution in [2.24, 2.45) is 0 Å². The van der Waals surface area contributed by atoms with Crippen LogP contribution in [0.1, 0.15) is 16.2 Å². The van der Waals surface area contributed by atoms with Crippen molar-refractivity contribution in [2.45, 2.75) is 6.92 Å². The van der Waals surface area contributed by atoms with Crippen LogP contribution in [0.25, 0.3) is 17.1 Å². The van der Waals surface area contributed by atoms with Gasteiger partial charge in [-0.25, -0.2) is 14.1 Å². The van der Waals surface area contributed by atoms with E-state index in [2.05, 4.69) is 15.4 Å². The molecule has 4 aromatic rings. The monoisotopic (exact) mass is 406 g/mol. The lowest BCUT2D eigenvalue weighted by Crippen LogP contribution is -2.14. The average molecular weight is 407 g/mol. The van der Waals surface area contributed by atoms with Crippen LogP contribution in [0.4, 0.5) is 10.1 Å². The van der Waals surface area contributed by atoms with E-state index in [9.17, 15) is 9.18 Å². The molecule has 144 valence electrons. The van der Waals surface area contributed by atoms with Crippen LogP contribution in [-0.4, -0.2) is 20.7 Å². The number of aromatic nitrogens is 3. The van der Waals surface area contributed by atoms with E-state index in [1.165, 1.54) is 16.8 Å². The number of aryl methyl sites for hydroxylation is 1. The van der Waals surface area contributed by atoms with E-state index < -0.39 is 5.91 Å². The van der Waals surface area contributed by atoms with E-state index in [1.54, 1.807) is 42.5 Å². The molecule has 4 rings (SSSR count). The summed E-state index contributed by atoms with van der Waals surface area (Å²) >= 11 is 5.98. The summed E-state index contributed by atoms with van der Waals surface area (Å²) in [6, 6.07) is 20.3. The number of carbonyl (C=O) groups excluding carboxylic acids is 1. The number of hydrogen-bond acceptors (Lipinski definition) is 3. The second-order valence-electron chi connectivity index (χ2n) is 6.48. The molecule has 0 atom stereocenters. The quantitative estimate of drug-likeness (QED) is 0.501. The maximum absolute atomic E-state index is 13.4. The molecule has 7 heteroatoms. The molecule has 0 radical (unpaired) electrons. The normalized spacial score (nSPS) is 10.7. The van der Waals surface area contributed by atoms with Gasteiger partial charge in [0.15, 0.2) is 5.82 Å². The molecule has 1 aromatic heterocycles. The predicted molar refractivity (Wildman–Crippen MR) is 111 cm³/mol. The molecule has 0 aliphatic heterocycles. The fourth-order valence-electron chi connectivity index (χ4n) is 2.87. The summed E-state index contributed by atoms with van der Waals surface area (Å²) in [6.45, 7) is 1.94. The summed E-state index contributed by atoms with van der Waals surface area (Å²) in [5, 5.41) is 7.75. The molecule has 1 N–H and O–H groups in total. The number of hydrogen-bond donors (Lipinski definition) is 1. The first kappa shape index (κ1) is 18.8. The lowest BCUT2D eigenvalue weighted by Gasteiger charge is -2.06. The minimum Gasteiger partial charge on any atom is -0.319 e. The second kappa shape index (κ2) is 7.85. The van der Waals surface area contributed by atoms with Gasteiger partial charge in [-0.15, -0.1) is 5.10 Å². The zero-order chi connectivity index (χ0) is 20.4. The Kier molecular flexibility index (Phi) is 5.10.